The van der Waals surface area contributed by atoms with E-state index in [0.717, 1.165) is 5.56 Å². The van der Waals surface area contributed by atoms with Crippen molar-refractivity contribution >= 4 is 5.78 Å². The molecule has 0 aromatic heterocycles. The van der Waals surface area contributed by atoms with E-state index in [9.17, 15) is 22.4 Å². The molecule has 0 fully saturated rings. The molecule has 0 amide bonds. The molecule has 0 aliphatic carbocycles. The molecule has 6 heteroatoms. The highest BCUT2D eigenvalue weighted by atomic mass is 19.2. The van der Waals surface area contributed by atoms with Gasteiger partial charge >= 0.3 is 0 Å². The van der Waals surface area contributed by atoms with Crippen molar-refractivity contribution in [3.8, 4) is 0 Å². The Morgan fingerprint density at radius 2 is 1.54 bits per heavy atom. The van der Waals surface area contributed by atoms with E-state index in [2.05, 4.69) is 0 Å². The fourth-order valence-corrected chi connectivity index (χ4v) is 3.49. The molecule has 0 aliphatic heterocycles. The first-order valence-electron chi connectivity index (χ1n) is 9.16. The summed E-state index contributed by atoms with van der Waals surface area (Å²) in [7, 11) is 3.53. The molecule has 0 radical (unpaired) electrons. The maximum absolute atomic E-state index is 14.9. The van der Waals surface area contributed by atoms with Crippen LogP contribution in [0.15, 0.2) is 30.3 Å². The number of rotatable bonds is 7. The van der Waals surface area contributed by atoms with Gasteiger partial charge < -0.3 is 4.90 Å². The number of nitrogens with zero attached hydrogens (tertiary/aromatic N) is 1. The topological polar surface area (TPSA) is 20.3 Å². The molecule has 2 nitrogen and oxygen atoms in total. The molecule has 2 aromatic carbocycles. The predicted molar refractivity (Wildman–Crippen MR) is 101 cm³/mol. The fraction of sp³-hybridized carbons (Fsp3) is 0.409. The van der Waals surface area contributed by atoms with Crippen molar-refractivity contribution in [2.75, 3.05) is 14.1 Å². The van der Waals surface area contributed by atoms with Gasteiger partial charge in [0.1, 0.15) is 5.78 Å². The molecule has 2 aromatic rings. The standard InChI is InChI=1S/C22H25F4NO/c1-6-18(28)22(12-14(3)27(4)5,15-9-7-13(2)8-10-15)19-20(25)16(23)11-17(24)21(19)26/h7-11,14H,6,12H2,1-5H3/t14-,22+/m0/s1. The molecule has 0 spiro atoms. The molecule has 0 saturated heterocycles. The second-order valence-corrected chi connectivity index (χ2v) is 7.41. The highest BCUT2D eigenvalue weighted by Crippen LogP contribution is 2.43. The van der Waals surface area contributed by atoms with Crippen LogP contribution in [0.3, 0.4) is 0 Å². The Kier molecular flexibility index (Phi) is 6.65. The Bertz CT molecular complexity index is 838. The number of halogens is 4. The molecule has 2 atom stereocenters. The number of carbonyl (C=O) groups is 1. The van der Waals surface area contributed by atoms with Crippen LogP contribution in [-0.4, -0.2) is 30.8 Å². The summed E-state index contributed by atoms with van der Waals surface area (Å²) in [4.78, 5) is 15.0. The lowest BCUT2D eigenvalue weighted by atomic mass is 9.66. The Balaban J connectivity index is 2.96. The van der Waals surface area contributed by atoms with Crippen LogP contribution in [0.5, 0.6) is 0 Å². The zero-order valence-electron chi connectivity index (χ0n) is 16.7. The van der Waals surface area contributed by atoms with Gasteiger partial charge in [-0.15, -0.1) is 0 Å². The highest BCUT2D eigenvalue weighted by molar-refractivity contribution is 5.94. The molecule has 152 valence electrons. The van der Waals surface area contributed by atoms with Crippen molar-refractivity contribution in [1.82, 2.24) is 4.90 Å². The summed E-state index contributed by atoms with van der Waals surface area (Å²) in [6.45, 7) is 5.19. The summed E-state index contributed by atoms with van der Waals surface area (Å²) in [5.74, 6) is -6.62. The molecule has 0 N–H and O–H groups in total. The summed E-state index contributed by atoms with van der Waals surface area (Å²) in [5.41, 5.74) is -1.53. The Labute approximate surface area is 163 Å². The summed E-state index contributed by atoms with van der Waals surface area (Å²) in [5, 5.41) is 0. The average Bonchev–Trinajstić information content (AvgIpc) is 2.65. The molecule has 0 unspecified atom stereocenters. The van der Waals surface area contributed by atoms with E-state index in [1.54, 1.807) is 57.1 Å². The molecule has 28 heavy (non-hydrogen) atoms. The van der Waals surface area contributed by atoms with Crippen molar-refractivity contribution in [3.05, 3.63) is 70.3 Å². The van der Waals surface area contributed by atoms with Gasteiger partial charge in [-0.1, -0.05) is 36.8 Å². The summed E-state index contributed by atoms with van der Waals surface area (Å²) >= 11 is 0. The largest absolute Gasteiger partial charge is 0.307 e. The van der Waals surface area contributed by atoms with Crippen molar-refractivity contribution in [2.45, 2.75) is 45.1 Å². The second kappa shape index (κ2) is 8.43. The SMILES string of the molecule is CCC(=O)[C@@](C[C@H](C)N(C)C)(c1ccc(C)cc1)c1c(F)c(F)cc(F)c1F. The number of carbonyl (C=O) groups excluding carboxylic acids is 1. The monoisotopic (exact) mass is 395 g/mol. The minimum Gasteiger partial charge on any atom is -0.307 e. The van der Waals surface area contributed by atoms with Crippen LogP contribution in [0, 0.1) is 30.2 Å². The van der Waals surface area contributed by atoms with Crippen LogP contribution in [0.2, 0.25) is 0 Å². The number of ketones is 1. The average molecular weight is 395 g/mol. The first kappa shape index (κ1) is 22.1. The van der Waals surface area contributed by atoms with E-state index in [-0.39, 0.29) is 24.9 Å². The van der Waals surface area contributed by atoms with E-state index in [4.69, 9.17) is 0 Å². The van der Waals surface area contributed by atoms with Gasteiger partial charge in [0, 0.05) is 24.1 Å². The van der Waals surface area contributed by atoms with Gasteiger partial charge in [0.15, 0.2) is 23.3 Å². The third-order valence-corrected chi connectivity index (χ3v) is 5.36. The van der Waals surface area contributed by atoms with Gasteiger partial charge in [-0.05, 0) is 39.9 Å². The van der Waals surface area contributed by atoms with E-state index in [1.807, 2.05) is 6.92 Å². The van der Waals surface area contributed by atoms with Crippen LogP contribution in [0.25, 0.3) is 0 Å². The van der Waals surface area contributed by atoms with Crippen LogP contribution < -0.4 is 0 Å². The quantitative estimate of drug-likeness (QED) is 0.477. The Morgan fingerprint density at radius 1 is 1.04 bits per heavy atom. The lowest BCUT2D eigenvalue weighted by Crippen LogP contribution is -2.44. The minimum atomic E-state index is -1.86. The van der Waals surface area contributed by atoms with E-state index >= 15 is 0 Å². The number of hydrogen-bond donors (Lipinski definition) is 0. The number of hydrogen-bond acceptors (Lipinski definition) is 2. The van der Waals surface area contributed by atoms with Crippen molar-refractivity contribution < 1.29 is 22.4 Å². The van der Waals surface area contributed by atoms with Gasteiger partial charge in [-0.25, -0.2) is 17.6 Å². The summed E-state index contributed by atoms with van der Waals surface area (Å²) < 4.78 is 58.0. The van der Waals surface area contributed by atoms with Gasteiger partial charge in [0.05, 0.1) is 5.41 Å². The molecule has 0 aliphatic rings. The first-order valence-corrected chi connectivity index (χ1v) is 9.16. The predicted octanol–water partition coefficient (Wildman–Crippen LogP) is 5.16. The summed E-state index contributed by atoms with van der Waals surface area (Å²) in [6.07, 6.45) is -0.0858. The van der Waals surface area contributed by atoms with Crippen LogP contribution in [0.4, 0.5) is 17.6 Å². The van der Waals surface area contributed by atoms with Gasteiger partial charge in [0.25, 0.3) is 0 Å². The molecule has 0 saturated carbocycles. The lowest BCUT2D eigenvalue weighted by Gasteiger charge is -2.38. The molecule has 0 heterocycles. The molecule has 0 bridgehead atoms. The molecule has 2 rings (SSSR count). The van der Waals surface area contributed by atoms with Crippen molar-refractivity contribution in [3.63, 3.8) is 0 Å². The Morgan fingerprint density at radius 3 is 1.96 bits per heavy atom. The number of benzene rings is 2. The van der Waals surface area contributed by atoms with Crippen LogP contribution in [-0.2, 0) is 10.2 Å². The van der Waals surface area contributed by atoms with E-state index < -0.39 is 40.0 Å². The third kappa shape index (κ3) is 3.83. The van der Waals surface area contributed by atoms with Gasteiger partial charge in [-0.2, -0.15) is 0 Å². The maximum atomic E-state index is 14.9. The molecular formula is C22H25F4NO. The number of aryl methyl sites for hydroxylation is 1. The normalized spacial score (nSPS) is 14.8. The van der Waals surface area contributed by atoms with Crippen LogP contribution >= 0.6 is 0 Å². The van der Waals surface area contributed by atoms with Crippen molar-refractivity contribution in [2.24, 2.45) is 0 Å². The summed E-state index contributed by atoms with van der Waals surface area (Å²) in [6, 6.07) is 6.46. The Hall–Kier alpha value is -2.21. The van der Waals surface area contributed by atoms with E-state index in [1.165, 1.54) is 0 Å². The lowest BCUT2D eigenvalue weighted by molar-refractivity contribution is -0.123. The van der Waals surface area contributed by atoms with Gasteiger partial charge in [0.2, 0.25) is 0 Å². The van der Waals surface area contributed by atoms with Crippen LogP contribution in [0.1, 0.15) is 43.4 Å². The van der Waals surface area contributed by atoms with Gasteiger partial charge in [-0.3, -0.25) is 4.79 Å². The maximum Gasteiger partial charge on any atom is 0.166 e. The highest BCUT2D eigenvalue weighted by Gasteiger charge is 2.47. The van der Waals surface area contributed by atoms with Crippen molar-refractivity contribution in [1.29, 1.82) is 0 Å². The zero-order chi connectivity index (χ0) is 21.2. The zero-order valence-corrected chi connectivity index (χ0v) is 16.7. The fourth-order valence-electron chi connectivity index (χ4n) is 3.49. The number of Topliss-reactive ketones (excluding diaryl/α,β-unsaturated/α-hetero) is 1. The second-order valence-electron chi connectivity index (χ2n) is 7.41. The third-order valence-electron chi connectivity index (χ3n) is 5.36. The minimum absolute atomic E-state index is 0.0353. The molecular weight excluding hydrogens is 370 g/mol. The first-order chi connectivity index (χ1) is 13.1. The smallest absolute Gasteiger partial charge is 0.166 e. The van der Waals surface area contributed by atoms with E-state index in [0.29, 0.717) is 5.56 Å².